The van der Waals surface area contributed by atoms with E-state index >= 15 is 0 Å². The van der Waals surface area contributed by atoms with Crippen molar-refractivity contribution in [2.75, 3.05) is 6.54 Å². The Hall–Kier alpha value is -2.08. The van der Waals surface area contributed by atoms with Gasteiger partial charge in [0.2, 0.25) is 5.91 Å². The highest BCUT2D eigenvalue weighted by Gasteiger charge is 2.48. The monoisotopic (exact) mass is 387 g/mol. The molecule has 0 bridgehead atoms. The summed E-state index contributed by atoms with van der Waals surface area (Å²) >= 11 is 0. The third kappa shape index (κ3) is 4.49. The molecular formula is C22H33N3O3. The smallest absolute Gasteiger partial charge is 0.318 e. The molecule has 0 unspecified atom stereocenters. The van der Waals surface area contributed by atoms with Gasteiger partial charge in [-0.15, -0.1) is 0 Å². The maximum Gasteiger partial charge on any atom is 0.318 e. The molecule has 0 aromatic heterocycles. The van der Waals surface area contributed by atoms with E-state index < -0.39 is 17.7 Å². The predicted molar refractivity (Wildman–Crippen MR) is 109 cm³/mol. The molecule has 6 nitrogen and oxygen atoms in total. The van der Waals surface area contributed by atoms with Crippen LogP contribution in [0.25, 0.3) is 0 Å². The maximum absolute atomic E-state index is 12.9. The maximum atomic E-state index is 12.9. The van der Waals surface area contributed by atoms with Gasteiger partial charge >= 0.3 is 6.03 Å². The van der Waals surface area contributed by atoms with Crippen molar-refractivity contribution >= 4 is 11.9 Å². The molecule has 1 aliphatic heterocycles. The molecule has 1 aromatic carbocycles. The van der Waals surface area contributed by atoms with Gasteiger partial charge in [-0.25, -0.2) is 4.79 Å². The Morgan fingerprint density at radius 2 is 1.82 bits per heavy atom. The summed E-state index contributed by atoms with van der Waals surface area (Å²) < 4.78 is 0. The SMILES string of the molecule is CC(C)NC(=O)N1CC[C@@](C)(O)[C@@H](NC(=O)C2CCCC2)[C@@H]1c1ccccc1. The molecule has 154 valence electrons. The zero-order valence-corrected chi connectivity index (χ0v) is 17.1. The largest absolute Gasteiger partial charge is 0.388 e. The molecular weight excluding hydrogens is 354 g/mol. The molecule has 1 aromatic rings. The van der Waals surface area contributed by atoms with Gasteiger partial charge in [-0.05, 0) is 45.6 Å². The van der Waals surface area contributed by atoms with Gasteiger partial charge < -0.3 is 20.6 Å². The number of carbonyl (C=O) groups is 2. The summed E-state index contributed by atoms with van der Waals surface area (Å²) in [6.07, 6.45) is 4.36. The lowest BCUT2D eigenvalue weighted by Gasteiger charge is -2.49. The molecule has 0 spiro atoms. The van der Waals surface area contributed by atoms with E-state index in [1.54, 1.807) is 11.8 Å². The summed E-state index contributed by atoms with van der Waals surface area (Å²) in [6.45, 7) is 6.05. The summed E-state index contributed by atoms with van der Waals surface area (Å²) in [5, 5.41) is 17.3. The lowest BCUT2D eigenvalue weighted by Crippen LogP contribution is -2.65. The van der Waals surface area contributed by atoms with E-state index in [2.05, 4.69) is 10.6 Å². The molecule has 0 radical (unpaired) electrons. The summed E-state index contributed by atoms with van der Waals surface area (Å²) in [6, 6.07) is 8.54. The van der Waals surface area contributed by atoms with Gasteiger partial charge in [0, 0.05) is 18.5 Å². The number of rotatable bonds is 4. The van der Waals surface area contributed by atoms with Crippen LogP contribution in [-0.4, -0.2) is 46.2 Å². The topological polar surface area (TPSA) is 81.7 Å². The van der Waals surface area contributed by atoms with Crippen LogP contribution >= 0.6 is 0 Å². The standard InChI is InChI=1S/C22H33N3O3/c1-15(2)23-21(27)25-14-13-22(3,28)19(18(25)16-9-5-4-6-10-16)24-20(26)17-11-7-8-12-17/h4-6,9-10,15,17-19,28H,7-8,11-14H2,1-3H3,(H,23,27)(H,24,26)/t18-,19-,22+/m0/s1. The summed E-state index contributed by atoms with van der Waals surface area (Å²) in [5.41, 5.74) is -0.179. The molecule has 1 saturated heterocycles. The van der Waals surface area contributed by atoms with Crippen LogP contribution in [0.15, 0.2) is 30.3 Å². The number of hydrogen-bond donors (Lipinski definition) is 3. The molecule has 6 heteroatoms. The number of piperidine rings is 1. The number of likely N-dealkylation sites (tertiary alicyclic amines) is 1. The van der Waals surface area contributed by atoms with Crippen molar-refractivity contribution in [2.24, 2.45) is 5.92 Å². The van der Waals surface area contributed by atoms with E-state index in [1.807, 2.05) is 44.2 Å². The fourth-order valence-electron chi connectivity index (χ4n) is 4.44. The number of nitrogens with one attached hydrogen (secondary N) is 2. The van der Waals surface area contributed by atoms with Gasteiger partial charge in [0.05, 0.1) is 17.7 Å². The van der Waals surface area contributed by atoms with E-state index in [-0.39, 0.29) is 23.9 Å². The number of hydrogen-bond acceptors (Lipinski definition) is 3. The molecule has 1 aliphatic carbocycles. The quantitative estimate of drug-likeness (QED) is 0.743. The van der Waals surface area contributed by atoms with Crippen molar-refractivity contribution in [1.82, 2.24) is 15.5 Å². The predicted octanol–water partition coefficient (Wildman–Crippen LogP) is 2.98. The molecule has 1 saturated carbocycles. The molecule has 3 rings (SSSR count). The number of benzene rings is 1. The van der Waals surface area contributed by atoms with Gasteiger partial charge in [0.15, 0.2) is 0 Å². The number of urea groups is 1. The van der Waals surface area contributed by atoms with E-state index in [1.165, 1.54) is 0 Å². The van der Waals surface area contributed by atoms with Crippen LogP contribution in [0, 0.1) is 5.92 Å². The van der Waals surface area contributed by atoms with Gasteiger partial charge in [0.1, 0.15) is 0 Å². The number of aliphatic hydroxyl groups is 1. The first kappa shape index (κ1) is 20.6. The van der Waals surface area contributed by atoms with Crippen molar-refractivity contribution in [2.45, 2.75) is 76.6 Å². The van der Waals surface area contributed by atoms with Crippen LogP contribution in [0.2, 0.25) is 0 Å². The summed E-state index contributed by atoms with van der Waals surface area (Å²) in [5.74, 6) is 0.00177. The lowest BCUT2D eigenvalue weighted by atomic mass is 9.79. The highest BCUT2D eigenvalue weighted by Crippen LogP contribution is 2.37. The lowest BCUT2D eigenvalue weighted by molar-refractivity contribution is -0.131. The van der Waals surface area contributed by atoms with Crippen molar-refractivity contribution in [3.63, 3.8) is 0 Å². The second kappa shape index (κ2) is 8.52. The molecule has 3 N–H and O–H groups in total. The second-order valence-electron chi connectivity index (χ2n) is 8.73. The van der Waals surface area contributed by atoms with Crippen molar-refractivity contribution in [1.29, 1.82) is 0 Å². The van der Waals surface area contributed by atoms with Gasteiger partial charge in [-0.3, -0.25) is 4.79 Å². The second-order valence-corrected chi connectivity index (χ2v) is 8.73. The van der Waals surface area contributed by atoms with Gasteiger partial charge in [0.25, 0.3) is 0 Å². The Kier molecular flexibility index (Phi) is 6.28. The van der Waals surface area contributed by atoms with Crippen molar-refractivity contribution < 1.29 is 14.7 Å². The number of amides is 3. The Morgan fingerprint density at radius 1 is 1.18 bits per heavy atom. The van der Waals surface area contributed by atoms with E-state index in [0.29, 0.717) is 13.0 Å². The molecule has 1 heterocycles. The minimum Gasteiger partial charge on any atom is -0.388 e. The zero-order valence-electron chi connectivity index (χ0n) is 17.1. The van der Waals surface area contributed by atoms with Crippen LogP contribution in [0.4, 0.5) is 4.79 Å². The summed E-state index contributed by atoms with van der Waals surface area (Å²) in [7, 11) is 0. The highest BCUT2D eigenvalue weighted by atomic mass is 16.3. The van der Waals surface area contributed by atoms with Crippen LogP contribution in [0.1, 0.15) is 64.5 Å². The van der Waals surface area contributed by atoms with E-state index in [9.17, 15) is 14.7 Å². The third-order valence-electron chi connectivity index (χ3n) is 6.02. The minimum absolute atomic E-state index is 0.00479. The highest BCUT2D eigenvalue weighted by molar-refractivity contribution is 5.80. The molecule has 3 atom stereocenters. The van der Waals surface area contributed by atoms with Crippen LogP contribution in [0.3, 0.4) is 0 Å². The van der Waals surface area contributed by atoms with Gasteiger partial charge in [-0.2, -0.15) is 0 Å². The van der Waals surface area contributed by atoms with Crippen LogP contribution < -0.4 is 10.6 Å². The van der Waals surface area contributed by atoms with Crippen molar-refractivity contribution in [3.05, 3.63) is 35.9 Å². The van der Waals surface area contributed by atoms with E-state index in [4.69, 9.17) is 0 Å². The fraction of sp³-hybridized carbons (Fsp3) is 0.636. The Balaban J connectivity index is 1.93. The Morgan fingerprint density at radius 3 is 2.43 bits per heavy atom. The molecule has 28 heavy (non-hydrogen) atoms. The molecule has 2 aliphatic rings. The molecule has 3 amide bonds. The summed E-state index contributed by atoms with van der Waals surface area (Å²) in [4.78, 5) is 27.6. The number of carbonyl (C=O) groups excluding carboxylic acids is 2. The van der Waals surface area contributed by atoms with Gasteiger partial charge in [-0.1, -0.05) is 43.2 Å². The fourth-order valence-corrected chi connectivity index (χ4v) is 4.44. The average Bonchev–Trinajstić information content (AvgIpc) is 3.18. The first-order chi connectivity index (χ1) is 13.3. The van der Waals surface area contributed by atoms with Crippen LogP contribution in [0.5, 0.6) is 0 Å². The first-order valence-electron chi connectivity index (χ1n) is 10.4. The minimum atomic E-state index is -1.09. The van der Waals surface area contributed by atoms with E-state index in [0.717, 1.165) is 31.2 Å². The molecule has 2 fully saturated rings. The first-order valence-corrected chi connectivity index (χ1v) is 10.4. The van der Waals surface area contributed by atoms with Crippen LogP contribution in [-0.2, 0) is 4.79 Å². The normalized spacial score (nSPS) is 28.4. The zero-order chi connectivity index (χ0) is 20.3. The number of nitrogens with zero attached hydrogens (tertiary/aromatic N) is 1. The Labute approximate surface area is 167 Å². The van der Waals surface area contributed by atoms with Crippen molar-refractivity contribution in [3.8, 4) is 0 Å². The Bertz CT molecular complexity index is 684. The third-order valence-corrected chi connectivity index (χ3v) is 6.02. The average molecular weight is 388 g/mol.